The number of hydrogen-bond donors (Lipinski definition) is 2. The molecule has 0 saturated carbocycles. The van der Waals surface area contributed by atoms with Crippen LogP contribution < -0.4 is 0 Å². The molecule has 0 aliphatic carbocycles. The third kappa shape index (κ3) is 54.9. The molecule has 0 heterocycles. The van der Waals surface area contributed by atoms with Gasteiger partial charge in [0, 0.05) is 19.3 Å². The molecule has 76 heavy (non-hydrogen) atoms. The highest BCUT2D eigenvalue weighted by atomic mass is 31.2. The first kappa shape index (κ1) is 72.1. The smallest absolute Gasteiger partial charge is 0.462 e. The molecular weight excluding hydrogens is 976 g/mol. The van der Waals surface area contributed by atoms with Crippen LogP contribution in [0.4, 0.5) is 0 Å². The van der Waals surface area contributed by atoms with Gasteiger partial charge in [-0.3, -0.25) is 23.4 Å². The van der Waals surface area contributed by atoms with Crippen molar-refractivity contribution >= 4 is 25.7 Å². The molecule has 0 amide bonds. The maximum Gasteiger partial charge on any atom is 0.472 e. The van der Waals surface area contributed by atoms with Crippen molar-refractivity contribution in [2.45, 2.75) is 251 Å². The normalized spacial score (nSPS) is 14.1. The first-order chi connectivity index (χ1) is 37.2. The molecule has 2 N–H and O–H groups in total. The Kier molecular flexibility index (Phi) is 54.4. The Morgan fingerprint density at radius 1 is 0.382 bits per heavy atom. The SMILES string of the molecule is CC/C=C\C/C=C\C/C=C\C/C=C\C/C=C\CCCC(=O)OC(COC(=O)CCCCCCC/C=C\C/C=C\C/C=C\CC)COP(=O)(O)OCC(CO)OC(=O)CCCCCCCCC/C=C\CCCCCCCC. The van der Waals surface area contributed by atoms with Crippen molar-refractivity contribution in [3.8, 4) is 0 Å². The van der Waals surface area contributed by atoms with E-state index in [0.29, 0.717) is 25.7 Å². The number of rotatable bonds is 54. The van der Waals surface area contributed by atoms with Crippen molar-refractivity contribution in [2.24, 2.45) is 0 Å². The van der Waals surface area contributed by atoms with Crippen LogP contribution in [0.3, 0.4) is 0 Å². The first-order valence-electron chi connectivity index (χ1n) is 29.8. The quantitative estimate of drug-likeness (QED) is 0.0197. The third-order valence-corrected chi connectivity index (χ3v) is 13.1. The summed E-state index contributed by atoms with van der Waals surface area (Å²) < 4.78 is 39.5. The highest BCUT2D eigenvalue weighted by molar-refractivity contribution is 7.47. The second kappa shape index (κ2) is 57.3. The number of esters is 3. The number of carbonyl (C=O) groups is 3. The van der Waals surface area contributed by atoms with Crippen LogP contribution in [0.15, 0.2) is 109 Å². The van der Waals surface area contributed by atoms with Crippen LogP contribution in [-0.2, 0) is 42.2 Å². The maximum atomic E-state index is 12.9. The van der Waals surface area contributed by atoms with Crippen molar-refractivity contribution in [3.05, 3.63) is 109 Å². The van der Waals surface area contributed by atoms with Crippen LogP contribution >= 0.6 is 7.82 Å². The van der Waals surface area contributed by atoms with Crippen molar-refractivity contribution in [2.75, 3.05) is 26.4 Å². The van der Waals surface area contributed by atoms with E-state index in [-0.39, 0.29) is 25.9 Å². The van der Waals surface area contributed by atoms with E-state index in [2.05, 4.69) is 118 Å². The van der Waals surface area contributed by atoms with E-state index >= 15 is 0 Å². The molecule has 3 atom stereocenters. The molecule has 434 valence electrons. The molecule has 0 bridgehead atoms. The first-order valence-corrected chi connectivity index (χ1v) is 31.3. The fraction of sp³-hybridized carbons (Fsp3) is 0.672. The minimum atomic E-state index is -4.78. The molecule has 0 aromatic heterocycles. The largest absolute Gasteiger partial charge is 0.472 e. The average Bonchev–Trinajstić information content (AvgIpc) is 3.41. The van der Waals surface area contributed by atoms with E-state index in [1.807, 2.05) is 12.2 Å². The van der Waals surface area contributed by atoms with Gasteiger partial charge in [0.2, 0.25) is 0 Å². The molecule has 0 rings (SSSR count). The van der Waals surface area contributed by atoms with E-state index in [9.17, 15) is 28.9 Å². The van der Waals surface area contributed by atoms with Gasteiger partial charge in [-0.15, -0.1) is 0 Å². The van der Waals surface area contributed by atoms with Gasteiger partial charge in [-0.2, -0.15) is 0 Å². The van der Waals surface area contributed by atoms with Crippen LogP contribution in [0.1, 0.15) is 239 Å². The number of phosphoric ester groups is 1. The fourth-order valence-corrected chi connectivity index (χ4v) is 8.48. The summed E-state index contributed by atoms with van der Waals surface area (Å²) in [4.78, 5) is 48.6. The van der Waals surface area contributed by atoms with Gasteiger partial charge < -0.3 is 24.2 Å². The molecule has 0 aliphatic heterocycles. The zero-order chi connectivity index (χ0) is 55.5. The topological polar surface area (TPSA) is 155 Å². The molecule has 0 aromatic rings. The number of aliphatic hydroxyl groups is 1. The number of allylic oxidation sites excluding steroid dienone is 18. The van der Waals surface area contributed by atoms with Gasteiger partial charge in [0.05, 0.1) is 19.8 Å². The zero-order valence-electron chi connectivity index (χ0n) is 47.9. The summed E-state index contributed by atoms with van der Waals surface area (Å²) in [6.45, 7) is 4.33. The Bertz CT molecular complexity index is 1690. The Labute approximate surface area is 463 Å². The van der Waals surface area contributed by atoms with Gasteiger partial charge in [-0.25, -0.2) is 4.57 Å². The standard InChI is InChI=1S/C64H107O11P/c1-4-7-10-13-16-19-22-25-28-30-33-36-39-42-45-48-51-54-63(67)74-60(56-65)58-72-76(69,70)73-59-61(57-71-62(66)53-50-47-44-41-38-35-32-27-24-21-18-15-12-9-6-3)75-64(68)55-52-49-46-43-40-37-34-31-29-26-23-20-17-14-11-8-5-2/h8-9,11-12,17-18,20-21,25-29,32,34,37,43,46,60-61,65H,4-7,10,13-16,19,22-24,30-31,33,35-36,38-42,44-45,47-59H2,1-3H3,(H,69,70)/b11-8-,12-9-,20-17-,21-18-,28-25-,29-26-,32-27-,37-34-,46-43-. The predicted molar refractivity (Wildman–Crippen MR) is 316 cm³/mol. The van der Waals surface area contributed by atoms with Crippen molar-refractivity contribution in [3.63, 3.8) is 0 Å². The lowest BCUT2D eigenvalue weighted by molar-refractivity contribution is -0.161. The average molecular weight is 1080 g/mol. The number of unbranched alkanes of at least 4 members (excludes halogenated alkanes) is 19. The predicted octanol–water partition coefficient (Wildman–Crippen LogP) is 17.8. The Morgan fingerprint density at radius 2 is 0.697 bits per heavy atom. The number of phosphoric acid groups is 1. The van der Waals surface area contributed by atoms with Crippen LogP contribution in [0, 0.1) is 0 Å². The summed E-state index contributed by atoms with van der Waals surface area (Å²) in [5.74, 6) is -1.57. The van der Waals surface area contributed by atoms with Crippen LogP contribution in [0.25, 0.3) is 0 Å². The summed E-state index contributed by atoms with van der Waals surface area (Å²) in [7, 11) is -4.78. The fourth-order valence-electron chi connectivity index (χ4n) is 7.69. The molecular formula is C64H107O11P. The van der Waals surface area contributed by atoms with Crippen molar-refractivity contribution in [1.82, 2.24) is 0 Å². The molecule has 0 radical (unpaired) electrons. The van der Waals surface area contributed by atoms with Crippen LogP contribution in [-0.4, -0.2) is 66.5 Å². The number of carbonyl (C=O) groups excluding carboxylic acids is 3. The molecule has 0 saturated heterocycles. The molecule has 0 aromatic carbocycles. The maximum absolute atomic E-state index is 12.9. The van der Waals surface area contributed by atoms with E-state index in [1.54, 1.807) is 0 Å². The highest BCUT2D eigenvalue weighted by Crippen LogP contribution is 2.43. The second-order valence-corrected chi connectivity index (χ2v) is 20.8. The number of ether oxygens (including phenoxy) is 3. The van der Waals surface area contributed by atoms with Crippen LogP contribution in [0.5, 0.6) is 0 Å². The Hall–Kier alpha value is -3.86. The minimum Gasteiger partial charge on any atom is -0.462 e. The van der Waals surface area contributed by atoms with E-state index < -0.39 is 57.8 Å². The monoisotopic (exact) mass is 1080 g/mol. The summed E-state index contributed by atoms with van der Waals surface area (Å²) in [5.41, 5.74) is 0. The van der Waals surface area contributed by atoms with E-state index in [0.717, 1.165) is 109 Å². The minimum absolute atomic E-state index is 0.0802. The Balaban J connectivity index is 4.81. The van der Waals surface area contributed by atoms with Gasteiger partial charge in [0.15, 0.2) is 6.10 Å². The summed E-state index contributed by atoms with van der Waals surface area (Å²) in [5, 5.41) is 9.83. The van der Waals surface area contributed by atoms with Gasteiger partial charge in [0.25, 0.3) is 0 Å². The molecule has 0 spiro atoms. The van der Waals surface area contributed by atoms with E-state index in [4.69, 9.17) is 23.3 Å². The molecule has 0 fully saturated rings. The van der Waals surface area contributed by atoms with Crippen molar-refractivity contribution in [1.29, 1.82) is 0 Å². The zero-order valence-corrected chi connectivity index (χ0v) is 48.8. The molecule has 0 aliphatic rings. The second-order valence-electron chi connectivity index (χ2n) is 19.4. The number of aliphatic hydroxyl groups excluding tert-OH is 1. The molecule has 12 heteroatoms. The molecule has 3 unspecified atom stereocenters. The Morgan fingerprint density at radius 3 is 1.12 bits per heavy atom. The lowest BCUT2D eigenvalue weighted by Crippen LogP contribution is -2.30. The third-order valence-electron chi connectivity index (χ3n) is 12.2. The van der Waals surface area contributed by atoms with Gasteiger partial charge in [0.1, 0.15) is 12.7 Å². The lowest BCUT2D eigenvalue weighted by atomic mass is 10.1. The van der Waals surface area contributed by atoms with Crippen LogP contribution in [0.2, 0.25) is 0 Å². The number of hydrogen-bond acceptors (Lipinski definition) is 10. The van der Waals surface area contributed by atoms with Gasteiger partial charge in [-0.05, 0) is 116 Å². The van der Waals surface area contributed by atoms with E-state index in [1.165, 1.54) is 64.2 Å². The van der Waals surface area contributed by atoms with Gasteiger partial charge >= 0.3 is 25.7 Å². The molecule has 11 nitrogen and oxygen atoms in total. The highest BCUT2D eigenvalue weighted by Gasteiger charge is 2.28. The summed E-state index contributed by atoms with van der Waals surface area (Å²) >= 11 is 0. The lowest BCUT2D eigenvalue weighted by Gasteiger charge is -2.21. The van der Waals surface area contributed by atoms with Gasteiger partial charge in [-0.1, -0.05) is 214 Å². The van der Waals surface area contributed by atoms with Crippen molar-refractivity contribution < 1.29 is 52.2 Å². The summed E-state index contributed by atoms with van der Waals surface area (Å²) in [6, 6.07) is 0. The summed E-state index contributed by atoms with van der Waals surface area (Å²) in [6.07, 6.45) is 69.1.